The van der Waals surface area contributed by atoms with Gasteiger partial charge in [-0.25, -0.2) is 0 Å². The first kappa shape index (κ1) is 32.6. The highest BCUT2D eigenvalue weighted by Gasteiger charge is 2.46. The average Bonchev–Trinajstić information content (AvgIpc) is 2.75. The van der Waals surface area contributed by atoms with Crippen LogP contribution in [0, 0.1) is 0 Å². The molecule has 0 aromatic heterocycles. The Bertz CT molecular complexity index is 725. The molecular formula is C20H38N4O11. The van der Waals surface area contributed by atoms with Crippen molar-refractivity contribution in [3.8, 4) is 0 Å². The van der Waals surface area contributed by atoms with Crippen molar-refractivity contribution in [1.82, 2.24) is 10.2 Å². The molecule has 1 saturated heterocycles. The van der Waals surface area contributed by atoms with Gasteiger partial charge < -0.3 is 57.1 Å². The number of ether oxygens (including phenoxy) is 2. The summed E-state index contributed by atoms with van der Waals surface area (Å²) in [6, 6.07) is -3.48. The average molecular weight is 511 g/mol. The van der Waals surface area contributed by atoms with E-state index in [-0.39, 0.29) is 24.9 Å². The van der Waals surface area contributed by atoms with E-state index in [1.54, 1.807) is 6.92 Å². The number of carboxylic acid groups (broad SMARTS) is 1. The van der Waals surface area contributed by atoms with E-state index in [4.69, 9.17) is 26.0 Å². The number of carbonyl (C=O) groups excluding carboxylic acids is 3. The summed E-state index contributed by atoms with van der Waals surface area (Å²) >= 11 is 0. The Balaban J connectivity index is 0.0000116. The number of nitrogens with one attached hydrogen (secondary N) is 1. The van der Waals surface area contributed by atoms with Crippen LogP contribution in [-0.2, 0) is 28.7 Å². The Labute approximate surface area is 202 Å². The minimum Gasteiger partial charge on any atom is -0.481 e. The summed E-state index contributed by atoms with van der Waals surface area (Å²) in [5, 5.41) is 41.7. The molecule has 1 fully saturated rings. The lowest BCUT2D eigenvalue weighted by Gasteiger charge is -2.44. The van der Waals surface area contributed by atoms with Crippen molar-refractivity contribution in [3.05, 3.63) is 0 Å². The second kappa shape index (κ2) is 14.9. The predicted octanol–water partition coefficient (Wildman–Crippen LogP) is -4.20. The standard InChI is InChI=1S/C20H36N4O10.H2O/c1-4-11(21)19(31)24(12(18(22)30)5-6-14(27)28)7-9(2)33-17-15(23-10(3)26)20(32)34-13(8-25)16(17)29;/h9,11-13,15-17,20,25,29,32H,4-8,21H2,1-3H3,(H2,22,30)(H,23,26)(H,27,28);1H2/t9?,11?,12-,13-,15-,16-,17-,20+;/m1./s1. The molecule has 1 heterocycles. The summed E-state index contributed by atoms with van der Waals surface area (Å²) in [5.41, 5.74) is 11.3. The Morgan fingerprint density at radius 1 is 1.23 bits per heavy atom. The van der Waals surface area contributed by atoms with Crippen LogP contribution in [0.1, 0.15) is 40.0 Å². The van der Waals surface area contributed by atoms with Crippen LogP contribution in [0.25, 0.3) is 0 Å². The molecule has 0 spiro atoms. The van der Waals surface area contributed by atoms with Crippen molar-refractivity contribution in [1.29, 1.82) is 0 Å². The minimum atomic E-state index is -1.61. The number of amides is 3. The van der Waals surface area contributed by atoms with E-state index in [0.29, 0.717) is 0 Å². The fourth-order valence-electron chi connectivity index (χ4n) is 3.69. The number of aliphatic carboxylic acids is 1. The second-order valence-electron chi connectivity index (χ2n) is 8.23. The van der Waals surface area contributed by atoms with Gasteiger partial charge in [0.1, 0.15) is 30.4 Å². The van der Waals surface area contributed by atoms with Gasteiger partial charge in [0.15, 0.2) is 6.29 Å². The SMILES string of the molecule is CCC(N)C(=O)N(CC(C)O[C@H]1[C@H](O)[C@@H](CO)O[C@H](O)[C@@H]1NC(C)=O)[C@H](CCC(=O)O)C(N)=O.O. The van der Waals surface area contributed by atoms with Gasteiger partial charge in [0.05, 0.1) is 18.8 Å². The third-order valence-corrected chi connectivity index (χ3v) is 5.46. The normalized spacial score (nSPS) is 26.5. The van der Waals surface area contributed by atoms with E-state index >= 15 is 0 Å². The van der Waals surface area contributed by atoms with Crippen molar-refractivity contribution in [2.45, 2.75) is 88.9 Å². The maximum Gasteiger partial charge on any atom is 0.303 e. The molecule has 0 aromatic carbocycles. The van der Waals surface area contributed by atoms with Crippen LogP contribution in [0.3, 0.4) is 0 Å². The van der Waals surface area contributed by atoms with Gasteiger partial charge in [-0.15, -0.1) is 0 Å². The number of carboxylic acids is 1. The van der Waals surface area contributed by atoms with Crippen molar-refractivity contribution in [2.24, 2.45) is 11.5 Å². The lowest BCUT2D eigenvalue weighted by atomic mass is 9.96. The largest absolute Gasteiger partial charge is 0.481 e. The minimum absolute atomic E-state index is 0. The maximum absolute atomic E-state index is 12.9. The number of carbonyl (C=O) groups is 4. The predicted molar refractivity (Wildman–Crippen MR) is 119 cm³/mol. The molecular weight excluding hydrogens is 472 g/mol. The van der Waals surface area contributed by atoms with Crippen LogP contribution in [0.15, 0.2) is 0 Å². The van der Waals surface area contributed by atoms with Gasteiger partial charge in [-0.1, -0.05) is 6.92 Å². The number of hydrogen-bond donors (Lipinski definition) is 7. The Morgan fingerprint density at radius 3 is 2.29 bits per heavy atom. The van der Waals surface area contributed by atoms with E-state index in [2.05, 4.69) is 5.32 Å². The number of aliphatic hydroxyl groups is 3. The molecule has 15 nitrogen and oxygen atoms in total. The second-order valence-corrected chi connectivity index (χ2v) is 8.23. The van der Waals surface area contributed by atoms with Crippen molar-refractivity contribution >= 4 is 23.7 Å². The molecule has 0 saturated carbocycles. The highest BCUT2D eigenvalue weighted by atomic mass is 16.6. The zero-order chi connectivity index (χ0) is 26.2. The first-order chi connectivity index (χ1) is 15.8. The molecule has 15 heteroatoms. The van der Waals surface area contributed by atoms with Gasteiger partial charge in [-0.2, -0.15) is 0 Å². The molecule has 11 N–H and O–H groups in total. The third kappa shape index (κ3) is 9.29. The quantitative estimate of drug-likeness (QED) is 0.125. The van der Waals surface area contributed by atoms with Gasteiger partial charge in [-0.05, 0) is 19.8 Å². The first-order valence-electron chi connectivity index (χ1n) is 11.0. The van der Waals surface area contributed by atoms with Crippen molar-refractivity contribution < 1.29 is 54.6 Å². The zero-order valence-corrected chi connectivity index (χ0v) is 20.0. The highest BCUT2D eigenvalue weighted by Crippen LogP contribution is 2.24. The van der Waals surface area contributed by atoms with Crippen molar-refractivity contribution in [2.75, 3.05) is 13.2 Å². The molecule has 35 heavy (non-hydrogen) atoms. The molecule has 0 radical (unpaired) electrons. The molecule has 0 bridgehead atoms. The van der Waals surface area contributed by atoms with E-state index < -0.39 is 85.5 Å². The van der Waals surface area contributed by atoms with Crippen LogP contribution in [0.5, 0.6) is 0 Å². The molecule has 0 aliphatic carbocycles. The van der Waals surface area contributed by atoms with Crippen LogP contribution < -0.4 is 16.8 Å². The number of hydrogen-bond acceptors (Lipinski definition) is 10. The highest BCUT2D eigenvalue weighted by molar-refractivity contribution is 5.89. The molecule has 204 valence electrons. The summed E-state index contributed by atoms with van der Waals surface area (Å²) in [6.45, 7) is 3.43. The summed E-state index contributed by atoms with van der Waals surface area (Å²) in [6.07, 6.45) is -6.90. The molecule has 1 aliphatic heterocycles. The summed E-state index contributed by atoms with van der Waals surface area (Å²) < 4.78 is 11.0. The Hall–Kier alpha value is -2.40. The van der Waals surface area contributed by atoms with E-state index in [1.165, 1.54) is 13.8 Å². The molecule has 0 aromatic rings. The molecule has 2 unspecified atom stereocenters. The molecule has 3 amide bonds. The van der Waals surface area contributed by atoms with Gasteiger partial charge in [0.2, 0.25) is 17.7 Å². The fraction of sp³-hybridized carbons (Fsp3) is 0.800. The number of rotatable bonds is 13. The third-order valence-electron chi connectivity index (χ3n) is 5.46. The summed E-state index contributed by atoms with van der Waals surface area (Å²) in [5.74, 6) is -3.30. The Kier molecular flexibility index (Phi) is 13.9. The number of primary amides is 1. The topological polar surface area (TPSA) is 266 Å². The molecule has 1 rings (SSSR count). The monoisotopic (exact) mass is 510 g/mol. The van der Waals surface area contributed by atoms with E-state index in [0.717, 1.165) is 4.90 Å². The van der Waals surface area contributed by atoms with Gasteiger partial charge in [0, 0.05) is 19.9 Å². The van der Waals surface area contributed by atoms with Crippen molar-refractivity contribution in [3.63, 3.8) is 0 Å². The lowest BCUT2D eigenvalue weighted by molar-refractivity contribution is -0.268. The Morgan fingerprint density at radius 2 is 1.83 bits per heavy atom. The van der Waals surface area contributed by atoms with Crippen LogP contribution in [0.4, 0.5) is 0 Å². The van der Waals surface area contributed by atoms with Gasteiger partial charge >= 0.3 is 5.97 Å². The summed E-state index contributed by atoms with van der Waals surface area (Å²) in [7, 11) is 0. The lowest BCUT2D eigenvalue weighted by Crippen LogP contribution is -2.65. The van der Waals surface area contributed by atoms with Gasteiger partial charge in [0.25, 0.3) is 0 Å². The first-order valence-corrected chi connectivity index (χ1v) is 11.0. The van der Waals surface area contributed by atoms with Crippen LogP contribution in [-0.4, -0.2) is 116 Å². The zero-order valence-electron chi connectivity index (χ0n) is 20.0. The maximum atomic E-state index is 12.9. The van der Waals surface area contributed by atoms with Crippen LogP contribution in [0.2, 0.25) is 0 Å². The number of nitrogens with zero attached hydrogens (tertiary/aromatic N) is 1. The smallest absolute Gasteiger partial charge is 0.303 e. The van der Waals surface area contributed by atoms with E-state index in [1.807, 2.05) is 0 Å². The fourth-order valence-corrected chi connectivity index (χ4v) is 3.69. The number of aliphatic hydroxyl groups excluding tert-OH is 3. The van der Waals surface area contributed by atoms with Gasteiger partial charge in [-0.3, -0.25) is 19.2 Å². The van der Waals surface area contributed by atoms with Crippen LogP contribution >= 0.6 is 0 Å². The van der Waals surface area contributed by atoms with E-state index in [9.17, 15) is 34.5 Å². The number of nitrogens with two attached hydrogens (primary N) is 2. The summed E-state index contributed by atoms with van der Waals surface area (Å²) in [4.78, 5) is 48.6. The molecule has 1 aliphatic rings. The molecule has 8 atom stereocenters.